The van der Waals surface area contributed by atoms with Crippen molar-refractivity contribution in [2.24, 2.45) is 5.92 Å². The molecule has 1 fully saturated rings. The molecule has 5 nitrogen and oxygen atoms in total. The number of amides is 1. The number of nitrogens with zero attached hydrogens (tertiary/aromatic N) is 1. The van der Waals surface area contributed by atoms with Gasteiger partial charge in [0.05, 0.1) is 11.7 Å². The lowest BCUT2D eigenvalue weighted by atomic mass is 9.98. The number of hydrogen-bond acceptors (Lipinski definition) is 3. The molecule has 1 N–H and O–H groups in total. The highest BCUT2D eigenvalue weighted by Crippen LogP contribution is 2.26. The molecule has 0 aliphatic carbocycles. The van der Waals surface area contributed by atoms with Gasteiger partial charge in [0.2, 0.25) is 15.9 Å². The monoisotopic (exact) mass is 408 g/mol. The van der Waals surface area contributed by atoms with Gasteiger partial charge in [-0.3, -0.25) is 4.79 Å². The van der Waals surface area contributed by atoms with Crippen LogP contribution in [-0.4, -0.2) is 31.7 Å². The van der Waals surface area contributed by atoms with Crippen molar-refractivity contribution in [2.45, 2.75) is 18.6 Å². The van der Waals surface area contributed by atoms with Gasteiger partial charge < -0.3 is 5.32 Å². The molecule has 0 spiro atoms. The zero-order valence-corrected chi connectivity index (χ0v) is 16.9. The van der Waals surface area contributed by atoms with Crippen LogP contribution in [0.5, 0.6) is 0 Å². The summed E-state index contributed by atoms with van der Waals surface area (Å²) >= 11 is 0. The maximum absolute atomic E-state index is 12.9. The van der Waals surface area contributed by atoms with Gasteiger partial charge in [-0.25, -0.2) is 12.7 Å². The van der Waals surface area contributed by atoms with E-state index in [9.17, 15) is 13.2 Å². The van der Waals surface area contributed by atoms with Crippen LogP contribution < -0.4 is 5.32 Å². The summed E-state index contributed by atoms with van der Waals surface area (Å²) in [4.78, 5) is 12.9. The lowest BCUT2D eigenvalue weighted by Gasteiger charge is -2.31. The van der Waals surface area contributed by atoms with Gasteiger partial charge in [-0.2, -0.15) is 0 Å². The molecular formula is C23H24N2O3S. The Hall–Kier alpha value is -2.70. The zero-order chi connectivity index (χ0) is 20.3. The molecule has 1 amide bonds. The van der Waals surface area contributed by atoms with Crippen LogP contribution in [0.4, 0.5) is 5.69 Å². The molecule has 0 bridgehead atoms. The van der Waals surface area contributed by atoms with Crippen molar-refractivity contribution < 1.29 is 13.2 Å². The molecule has 150 valence electrons. The third-order valence-electron chi connectivity index (χ3n) is 5.39. The smallest absolute Gasteiger partial charge is 0.228 e. The minimum atomic E-state index is -3.46. The number of hydrogen-bond donors (Lipinski definition) is 1. The normalized spacial score (nSPS) is 17.9. The standard InChI is InChI=1S/C23H24N2O3S/c26-23(24-22-14-6-11-19-10-4-5-13-21(19)22)20-12-7-15-25(16-20)29(27,28)17-18-8-2-1-3-9-18/h1-6,8-11,13-14,20H,7,12,15-17H2,(H,24,26). The number of piperidine rings is 1. The Morgan fingerprint density at radius 2 is 1.69 bits per heavy atom. The largest absolute Gasteiger partial charge is 0.325 e. The molecule has 3 aromatic carbocycles. The van der Waals surface area contributed by atoms with Crippen molar-refractivity contribution in [3.8, 4) is 0 Å². The molecule has 1 atom stereocenters. The topological polar surface area (TPSA) is 66.5 Å². The Morgan fingerprint density at radius 3 is 2.52 bits per heavy atom. The van der Waals surface area contributed by atoms with E-state index in [1.807, 2.05) is 72.8 Å². The Bertz CT molecular complexity index is 1110. The molecule has 6 heteroatoms. The van der Waals surface area contributed by atoms with E-state index in [1.165, 1.54) is 4.31 Å². The number of benzene rings is 3. The van der Waals surface area contributed by atoms with Crippen LogP contribution >= 0.6 is 0 Å². The van der Waals surface area contributed by atoms with Crippen LogP contribution in [0.25, 0.3) is 10.8 Å². The average Bonchev–Trinajstić information content (AvgIpc) is 2.74. The first-order chi connectivity index (χ1) is 14.0. The molecule has 0 aromatic heterocycles. The predicted molar refractivity (Wildman–Crippen MR) is 116 cm³/mol. The molecule has 29 heavy (non-hydrogen) atoms. The highest BCUT2D eigenvalue weighted by Gasteiger charge is 2.32. The van der Waals surface area contributed by atoms with E-state index in [0.717, 1.165) is 22.0 Å². The van der Waals surface area contributed by atoms with Crippen molar-refractivity contribution in [1.29, 1.82) is 0 Å². The second-order valence-electron chi connectivity index (χ2n) is 7.45. The van der Waals surface area contributed by atoms with Crippen molar-refractivity contribution in [3.05, 3.63) is 78.4 Å². The Labute approximate surface area is 171 Å². The van der Waals surface area contributed by atoms with Crippen molar-refractivity contribution in [3.63, 3.8) is 0 Å². The zero-order valence-electron chi connectivity index (χ0n) is 16.1. The van der Waals surface area contributed by atoms with Gasteiger partial charge in [-0.1, -0.05) is 66.7 Å². The van der Waals surface area contributed by atoms with E-state index >= 15 is 0 Å². The van der Waals surface area contributed by atoms with E-state index in [0.29, 0.717) is 19.4 Å². The summed E-state index contributed by atoms with van der Waals surface area (Å²) in [5.41, 5.74) is 1.52. The van der Waals surface area contributed by atoms with Crippen LogP contribution in [0, 0.1) is 5.92 Å². The van der Waals surface area contributed by atoms with E-state index < -0.39 is 10.0 Å². The predicted octanol–water partition coefficient (Wildman–Crippen LogP) is 4.02. The fourth-order valence-corrected chi connectivity index (χ4v) is 5.47. The van der Waals surface area contributed by atoms with Crippen molar-refractivity contribution in [2.75, 3.05) is 18.4 Å². The van der Waals surface area contributed by atoms with Crippen molar-refractivity contribution in [1.82, 2.24) is 4.31 Å². The molecule has 0 saturated carbocycles. The van der Waals surface area contributed by atoms with Crippen LogP contribution in [0.3, 0.4) is 0 Å². The Kier molecular flexibility index (Phi) is 5.65. The number of anilines is 1. The summed E-state index contributed by atoms with van der Waals surface area (Å²) in [6.07, 6.45) is 1.37. The summed E-state index contributed by atoms with van der Waals surface area (Å²) < 4.78 is 27.2. The molecular weight excluding hydrogens is 384 g/mol. The average molecular weight is 409 g/mol. The molecule has 3 aromatic rings. The summed E-state index contributed by atoms with van der Waals surface area (Å²) in [5, 5.41) is 5.05. The number of carbonyl (C=O) groups is 1. The van der Waals surface area contributed by atoms with Gasteiger partial charge in [0.15, 0.2) is 0 Å². The fourth-order valence-electron chi connectivity index (χ4n) is 3.85. The van der Waals surface area contributed by atoms with E-state index in [-0.39, 0.29) is 24.1 Å². The number of nitrogens with one attached hydrogen (secondary N) is 1. The first kappa shape index (κ1) is 19.6. The summed E-state index contributed by atoms with van der Waals surface area (Å²) in [6, 6.07) is 22.8. The first-order valence-corrected chi connectivity index (χ1v) is 11.4. The maximum atomic E-state index is 12.9. The summed E-state index contributed by atoms with van der Waals surface area (Å²) in [5.74, 6) is -0.514. The van der Waals surface area contributed by atoms with Gasteiger partial charge >= 0.3 is 0 Å². The quantitative estimate of drug-likeness (QED) is 0.693. The van der Waals surface area contributed by atoms with Crippen LogP contribution in [-0.2, 0) is 20.6 Å². The number of fused-ring (bicyclic) bond motifs is 1. The minimum Gasteiger partial charge on any atom is -0.325 e. The minimum absolute atomic E-state index is 0.0362. The Morgan fingerprint density at radius 1 is 0.966 bits per heavy atom. The van der Waals surface area contributed by atoms with Gasteiger partial charge in [-0.05, 0) is 29.9 Å². The molecule has 1 saturated heterocycles. The SMILES string of the molecule is O=C(Nc1cccc2ccccc12)C1CCCN(S(=O)(=O)Cc2ccccc2)C1. The second kappa shape index (κ2) is 8.35. The van der Waals surface area contributed by atoms with E-state index in [4.69, 9.17) is 0 Å². The first-order valence-electron chi connectivity index (χ1n) is 9.83. The highest BCUT2D eigenvalue weighted by molar-refractivity contribution is 7.88. The number of sulfonamides is 1. The number of rotatable bonds is 5. The van der Waals surface area contributed by atoms with Crippen LogP contribution in [0.1, 0.15) is 18.4 Å². The van der Waals surface area contributed by atoms with E-state index in [2.05, 4.69) is 5.32 Å². The molecule has 1 aliphatic heterocycles. The third kappa shape index (κ3) is 4.49. The highest BCUT2D eigenvalue weighted by atomic mass is 32.2. The van der Waals surface area contributed by atoms with Crippen molar-refractivity contribution >= 4 is 32.4 Å². The van der Waals surface area contributed by atoms with Gasteiger partial charge in [0, 0.05) is 24.2 Å². The Balaban J connectivity index is 1.47. The summed E-state index contributed by atoms with van der Waals surface area (Å²) in [6.45, 7) is 0.693. The maximum Gasteiger partial charge on any atom is 0.228 e. The molecule has 4 rings (SSSR count). The summed E-state index contributed by atoms with van der Waals surface area (Å²) in [7, 11) is -3.46. The van der Waals surface area contributed by atoms with E-state index in [1.54, 1.807) is 0 Å². The molecule has 1 aliphatic rings. The fraction of sp³-hybridized carbons (Fsp3) is 0.261. The molecule has 0 radical (unpaired) electrons. The van der Waals surface area contributed by atoms with Gasteiger partial charge in [-0.15, -0.1) is 0 Å². The number of carbonyl (C=O) groups excluding carboxylic acids is 1. The molecule has 1 heterocycles. The molecule has 1 unspecified atom stereocenters. The van der Waals surface area contributed by atoms with Gasteiger partial charge in [0.1, 0.15) is 0 Å². The van der Waals surface area contributed by atoms with Gasteiger partial charge in [0.25, 0.3) is 0 Å². The third-order valence-corrected chi connectivity index (χ3v) is 7.20. The lowest BCUT2D eigenvalue weighted by Crippen LogP contribution is -2.44. The lowest BCUT2D eigenvalue weighted by molar-refractivity contribution is -0.120. The second-order valence-corrected chi connectivity index (χ2v) is 9.42. The van der Waals surface area contributed by atoms with Crippen LogP contribution in [0.15, 0.2) is 72.8 Å². The van der Waals surface area contributed by atoms with Crippen LogP contribution in [0.2, 0.25) is 0 Å².